The molecule has 0 saturated heterocycles. The molecule has 3 nitrogen and oxygen atoms in total. The van der Waals surface area contributed by atoms with Crippen molar-refractivity contribution in [3.05, 3.63) is 18.0 Å². The van der Waals surface area contributed by atoms with Crippen LogP contribution in [-0.2, 0) is 6.42 Å². The van der Waals surface area contributed by atoms with Gasteiger partial charge in [-0.1, -0.05) is 27.2 Å². The molecule has 0 aliphatic heterocycles. The van der Waals surface area contributed by atoms with Crippen LogP contribution >= 0.6 is 0 Å². The average Bonchev–Trinajstić information content (AvgIpc) is 2.76. The molecule has 1 heterocycles. The van der Waals surface area contributed by atoms with E-state index in [9.17, 15) is 5.11 Å². The second kappa shape index (κ2) is 6.80. The predicted molar refractivity (Wildman–Crippen MR) is 71.0 cm³/mol. The van der Waals surface area contributed by atoms with Gasteiger partial charge in [-0.3, -0.25) is 4.68 Å². The van der Waals surface area contributed by atoms with Gasteiger partial charge in [-0.25, -0.2) is 0 Å². The summed E-state index contributed by atoms with van der Waals surface area (Å²) in [4.78, 5) is 0. The van der Waals surface area contributed by atoms with E-state index in [0.717, 1.165) is 31.4 Å². The van der Waals surface area contributed by atoms with Crippen molar-refractivity contribution in [1.29, 1.82) is 0 Å². The van der Waals surface area contributed by atoms with E-state index in [1.807, 2.05) is 6.92 Å². The van der Waals surface area contributed by atoms with E-state index in [-0.39, 0.29) is 6.10 Å². The topological polar surface area (TPSA) is 38.0 Å². The van der Waals surface area contributed by atoms with Gasteiger partial charge in [0.2, 0.25) is 0 Å². The standard InChI is InChI=1S/C14H26N2O/c1-5-12(11(4)17)10-13-8-9-16(15-13)14(6-2)7-3/h8-9,11-12,14,17H,5-7,10H2,1-4H3. The van der Waals surface area contributed by atoms with Crippen molar-refractivity contribution in [2.45, 2.75) is 65.5 Å². The summed E-state index contributed by atoms with van der Waals surface area (Å²) < 4.78 is 2.07. The molecule has 0 aromatic carbocycles. The molecule has 1 N–H and O–H groups in total. The van der Waals surface area contributed by atoms with Crippen molar-refractivity contribution in [3.63, 3.8) is 0 Å². The van der Waals surface area contributed by atoms with Gasteiger partial charge in [0.15, 0.2) is 0 Å². The highest BCUT2D eigenvalue weighted by Gasteiger charge is 2.15. The molecule has 0 radical (unpaired) electrons. The molecule has 0 amide bonds. The summed E-state index contributed by atoms with van der Waals surface area (Å²) in [6, 6.07) is 2.60. The molecule has 1 aromatic rings. The highest BCUT2D eigenvalue weighted by Crippen LogP contribution is 2.18. The number of rotatable bonds is 7. The van der Waals surface area contributed by atoms with Gasteiger partial charge in [-0.15, -0.1) is 0 Å². The molecule has 0 aliphatic rings. The SMILES string of the molecule is CCC(Cc1ccn(C(CC)CC)n1)C(C)O. The normalized spacial score (nSPS) is 15.2. The lowest BCUT2D eigenvalue weighted by atomic mass is 9.95. The van der Waals surface area contributed by atoms with E-state index >= 15 is 0 Å². The molecule has 2 atom stereocenters. The maximum absolute atomic E-state index is 9.65. The Morgan fingerprint density at radius 1 is 1.24 bits per heavy atom. The number of hydrogen-bond acceptors (Lipinski definition) is 2. The summed E-state index contributed by atoms with van der Waals surface area (Å²) in [6.07, 6.45) is 5.92. The van der Waals surface area contributed by atoms with Crippen LogP contribution in [-0.4, -0.2) is 21.0 Å². The number of nitrogens with zero attached hydrogens (tertiary/aromatic N) is 2. The zero-order chi connectivity index (χ0) is 12.8. The number of aromatic nitrogens is 2. The minimum Gasteiger partial charge on any atom is -0.393 e. The van der Waals surface area contributed by atoms with E-state index in [1.54, 1.807) is 0 Å². The molecule has 98 valence electrons. The van der Waals surface area contributed by atoms with Crippen LogP contribution in [0.25, 0.3) is 0 Å². The van der Waals surface area contributed by atoms with E-state index in [4.69, 9.17) is 0 Å². The van der Waals surface area contributed by atoms with Crippen LogP contribution in [0.4, 0.5) is 0 Å². The quantitative estimate of drug-likeness (QED) is 0.792. The fourth-order valence-electron chi connectivity index (χ4n) is 2.28. The highest BCUT2D eigenvalue weighted by molar-refractivity contribution is 5.01. The Balaban J connectivity index is 2.67. The summed E-state index contributed by atoms with van der Waals surface area (Å²) in [6.45, 7) is 8.38. The molecule has 1 aromatic heterocycles. The lowest BCUT2D eigenvalue weighted by Crippen LogP contribution is -2.19. The van der Waals surface area contributed by atoms with Gasteiger partial charge in [0, 0.05) is 6.20 Å². The maximum Gasteiger partial charge on any atom is 0.0628 e. The molecule has 0 bridgehead atoms. The minimum absolute atomic E-state index is 0.252. The Morgan fingerprint density at radius 2 is 1.88 bits per heavy atom. The summed E-state index contributed by atoms with van der Waals surface area (Å²) in [5, 5.41) is 14.3. The van der Waals surface area contributed by atoms with Crippen molar-refractivity contribution in [2.75, 3.05) is 0 Å². The van der Waals surface area contributed by atoms with Crippen LogP contribution in [0.1, 0.15) is 58.7 Å². The monoisotopic (exact) mass is 238 g/mol. The molecule has 0 aliphatic carbocycles. The molecule has 0 fully saturated rings. The summed E-state index contributed by atoms with van der Waals surface area (Å²) in [5.74, 6) is 0.319. The maximum atomic E-state index is 9.65. The van der Waals surface area contributed by atoms with Crippen molar-refractivity contribution in [1.82, 2.24) is 9.78 Å². The average molecular weight is 238 g/mol. The second-order valence-electron chi connectivity index (χ2n) is 4.87. The van der Waals surface area contributed by atoms with Gasteiger partial charge >= 0.3 is 0 Å². The number of aliphatic hydroxyl groups is 1. The Kier molecular flexibility index (Phi) is 5.69. The minimum atomic E-state index is -0.252. The molecule has 17 heavy (non-hydrogen) atoms. The molecular formula is C14H26N2O. The van der Waals surface area contributed by atoms with Crippen LogP contribution in [0.5, 0.6) is 0 Å². The molecule has 2 unspecified atom stereocenters. The lowest BCUT2D eigenvalue weighted by molar-refractivity contribution is 0.122. The smallest absolute Gasteiger partial charge is 0.0628 e. The fraction of sp³-hybridized carbons (Fsp3) is 0.786. The number of hydrogen-bond donors (Lipinski definition) is 1. The Morgan fingerprint density at radius 3 is 2.35 bits per heavy atom. The highest BCUT2D eigenvalue weighted by atomic mass is 16.3. The van der Waals surface area contributed by atoms with Gasteiger partial charge < -0.3 is 5.11 Å². The summed E-state index contributed by atoms with van der Waals surface area (Å²) >= 11 is 0. The first kappa shape index (κ1) is 14.2. The molecule has 0 spiro atoms. The third-order valence-corrected chi connectivity index (χ3v) is 3.66. The van der Waals surface area contributed by atoms with Gasteiger partial charge in [-0.2, -0.15) is 5.10 Å². The lowest BCUT2D eigenvalue weighted by Gasteiger charge is -2.17. The predicted octanol–water partition coefficient (Wildman–Crippen LogP) is 3.19. The van der Waals surface area contributed by atoms with Crippen molar-refractivity contribution in [3.8, 4) is 0 Å². The van der Waals surface area contributed by atoms with E-state index in [0.29, 0.717) is 12.0 Å². The molecule has 0 saturated carbocycles. The largest absolute Gasteiger partial charge is 0.393 e. The van der Waals surface area contributed by atoms with Gasteiger partial charge in [0.1, 0.15) is 0 Å². The van der Waals surface area contributed by atoms with Gasteiger partial charge in [0.05, 0.1) is 17.8 Å². The van der Waals surface area contributed by atoms with E-state index < -0.39 is 0 Å². The van der Waals surface area contributed by atoms with Crippen LogP contribution in [0.3, 0.4) is 0 Å². The molecule has 3 heteroatoms. The van der Waals surface area contributed by atoms with Crippen molar-refractivity contribution in [2.24, 2.45) is 5.92 Å². The van der Waals surface area contributed by atoms with Crippen molar-refractivity contribution < 1.29 is 5.11 Å². The Hall–Kier alpha value is -0.830. The third kappa shape index (κ3) is 3.84. The first-order valence-electron chi connectivity index (χ1n) is 6.84. The van der Waals surface area contributed by atoms with Gasteiger partial charge in [-0.05, 0) is 38.2 Å². The first-order chi connectivity index (χ1) is 8.12. The first-order valence-corrected chi connectivity index (χ1v) is 6.84. The summed E-state index contributed by atoms with van der Waals surface area (Å²) in [5.41, 5.74) is 1.10. The van der Waals surface area contributed by atoms with E-state index in [2.05, 4.69) is 42.8 Å². The second-order valence-corrected chi connectivity index (χ2v) is 4.87. The zero-order valence-electron chi connectivity index (χ0n) is 11.6. The number of aliphatic hydroxyl groups excluding tert-OH is 1. The Labute approximate surface area is 105 Å². The Bertz CT molecular complexity index is 316. The third-order valence-electron chi connectivity index (χ3n) is 3.66. The molecule has 1 rings (SSSR count). The van der Waals surface area contributed by atoms with Crippen LogP contribution in [0.2, 0.25) is 0 Å². The zero-order valence-corrected chi connectivity index (χ0v) is 11.6. The summed E-state index contributed by atoms with van der Waals surface area (Å²) in [7, 11) is 0. The molecular weight excluding hydrogens is 212 g/mol. The van der Waals surface area contributed by atoms with Crippen LogP contribution in [0.15, 0.2) is 12.3 Å². The fourth-order valence-corrected chi connectivity index (χ4v) is 2.28. The van der Waals surface area contributed by atoms with Crippen LogP contribution < -0.4 is 0 Å². The van der Waals surface area contributed by atoms with Gasteiger partial charge in [0.25, 0.3) is 0 Å². The van der Waals surface area contributed by atoms with E-state index in [1.165, 1.54) is 0 Å². The van der Waals surface area contributed by atoms with Crippen LogP contribution in [0, 0.1) is 5.92 Å². The van der Waals surface area contributed by atoms with Crippen molar-refractivity contribution >= 4 is 0 Å².